The van der Waals surface area contributed by atoms with Gasteiger partial charge in [0.05, 0.1) is 0 Å². The van der Waals surface area contributed by atoms with E-state index in [9.17, 15) is 14.4 Å². The van der Waals surface area contributed by atoms with Crippen molar-refractivity contribution in [3.63, 3.8) is 0 Å². The number of carbonyl (C=O) groups is 3. The van der Waals surface area contributed by atoms with Crippen LogP contribution in [0.1, 0.15) is 104 Å². The first-order chi connectivity index (χ1) is 18.0. The summed E-state index contributed by atoms with van der Waals surface area (Å²) < 4.78 is 5.37. The fourth-order valence-corrected chi connectivity index (χ4v) is 4.40. The quantitative estimate of drug-likeness (QED) is 0.151. The molecule has 0 aliphatic carbocycles. The summed E-state index contributed by atoms with van der Waals surface area (Å²) in [5.41, 5.74) is 0.621. The standard InChI is InChI=1S/C30H47N3O4S/c1-8-11-12-13-14-20-33(28(35)25(21-38)32-29(36)37-30(5,6)7)26(27(34)31-22(4)15-9-2)24-18-16-23(10-3)17-19-24/h3,16-19,22,25-26,38H,8-9,11-15,20-21H2,1-2,4-7H3,(H,31,34)(H,32,36). The van der Waals surface area contributed by atoms with Gasteiger partial charge in [-0.1, -0.05) is 64.0 Å². The normalized spacial score (nSPS) is 13.5. The lowest BCUT2D eigenvalue weighted by Gasteiger charge is -2.35. The van der Waals surface area contributed by atoms with Crippen molar-refractivity contribution in [1.29, 1.82) is 0 Å². The lowest BCUT2D eigenvalue weighted by Crippen LogP contribution is -2.54. The van der Waals surface area contributed by atoms with E-state index in [4.69, 9.17) is 11.2 Å². The maximum absolute atomic E-state index is 13.9. The van der Waals surface area contributed by atoms with Gasteiger partial charge in [0.15, 0.2) is 0 Å². The summed E-state index contributed by atoms with van der Waals surface area (Å²) in [7, 11) is 0. The molecule has 0 spiro atoms. The van der Waals surface area contributed by atoms with Crippen LogP contribution in [0, 0.1) is 12.3 Å². The molecular formula is C30H47N3O4S. The molecule has 0 bridgehead atoms. The SMILES string of the molecule is C#Cc1ccc(C(C(=O)NC(C)CCC)N(CCCCCCC)C(=O)C(CS)NC(=O)OC(C)(C)C)cc1. The maximum Gasteiger partial charge on any atom is 0.408 e. The second kappa shape index (κ2) is 17.0. The minimum Gasteiger partial charge on any atom is -0.444 e. The van der Waals surface area contributed by atoms with Crippen LogP contribution >= 0.6 is 12.6 Å². The number of ether oxygens (including phenoxy) is 1. The van der Waals surface area contributed by atoms with Crippen molar-refractivity contribution in [2.24, 2.45) is 0 Å². The van der Waals surface area contributed by atoms with Crippen LogP contribution < -0.4 is 10.6 Å². The van der Waals surface area contributed by atoms with Crippen LogP contribution in [0.2, 0.25) is 0 Å². The number of amides is 3. The molecule has 0 aliphatic rings. The molecule has 0 saturated heterocycles. The highest BCUT2D eigenvalue weighted by molar-refractivity contribution is 7.80. The van der Waals surface area contributed by atoms with E-state index in [1.54, 1.807) is 49.9 Å². The Morgan fingerprint density at radius 1 is 1.03 bits per heavy atom. The molecule has 8 heteroatoms. The highest BCUT2D eigenvalue weighted by atomic mass is 32.1. The van der Waals surface area contributed by atoms with Crippen LogP contribution in [0.4, 0.5) is 4.79 Å². The molecule has 0 aliphatic heterocycles. The van der Waals surface area contributed by atoms with Gasteiger partial charge in [0.25, 0.3) is 0 Å². The third kappa shape index (κ3) is 11.8. The van der Waals surface area contributed by atoms with Gasteiger partial charge in [-0.2, -0.15) is 12.6 Å². The average molecular weight is 546 g/mol. The molecule has 3 unspecified atom stereocenters. The van der Waals surface area contributed by atoms with Crippen molar-refractivity contribution in [3.8, 4) is 12.3 Å². The first-order valence-corrected chi connectivity index (χ1v) is 14.4. The van der Waals surface area contributed by atoms with E-state index in [-0.39, 0.29) is 23.6 Å². The highest BCUT2D eigenvalue weighted by Gasteiger charge is 2.36. The van der Waals surface area contributed by atoms with Gasteiger partial charge in [-0.25, -0.2) is 4.79 Å². The average Bonchev–Trinajstić information content (AvgIpc) is 2.85. The van der Waals surface area contributed by atoms with E-state index in [1.807, 2.05) is 6.92 Å². The minimum absolute atomic E-state index is 0.0537. The Labute approximate surface area is 235 Å². The Morgan fingerprint density at radius 3 is 2.18 bits per heavy atom. The molecule has 1 aromatic rings. The lowest BCUT2D eigenvalue weighted by molar-refractivity contribution is -0.142. The van der Waals surface area contributed by atoms with Crippen LogP contribution in [-0.4, -0.2) is 52.8 Å². The molecule has 1 aromatic carbocycles. The fraction of sp³-hybridized carbons (Fsp3) is 0.633. The minimum atomic E-state index is -0.961. The molecule has 1 rings (SSSR count). The van der Waals surface area contributed by atoms with Gasteiger partial charge < -0.3 is 20.3 Å². The predicted octanol–water partition coefficient (Wildman–Crippen LogP) is 5.64. The van der Waals surface area contributed by atoms with Crippen LogP contribution in [0.15, 0.2) is 24.3 Å². The number of nitrogens with zero attached hydrogens (tertiary/aromatic N) is 1. The van der Waals surface area contributed by atoms with Gasteiger partial charge >= 0.3 is 6.09 Å². The summed E-state index contributed by atoms with van der Waals surface area (Å²) in [4.78, 5) is 41.7. The van der Waals surface area contributed by atoms with Gasteiger partial charge in [0.2, 0.25) is 11.8 Å². The molecule has 2 N–H and O–H groups in total. The van der Waals surface area contributed by atoms with Crippen molar-refractivity contribution in [1.82, 2.24) is 15.5 Å². The van der Waals surface area contributed by atoms with Crippen LogP contribution in [0.3, 0.4) is 0 Å². The number of thiol groups is 1. The molecule has 3 atom stereocenters. The number of benzene rings is 1. The van der Waals surface area contributed by atoms with Crippen molar-refractivity contribution in [3.05, 3.63) is 35.4 Å². The topological polar surface area (TPSA) is 87.7 Å². The summed E-state index contributed by atoms with van der Waals surface area (Å²) in [5, 5.41) is 5.73. The third-order valence-electron chi connectivity index (χ3n) is 6.02. The molecular weight excluding hydrogens is 498 g/mol. The van der Waals surface area contributed by atoms with Crippen LogP contribution in [-0.2, 0) is 14.3 Å². The monoisotopic (exact) mass is 545 g/mol. The molecule has 0 aromatic heterocycles. The Bertz CT molecular complexity index is 921. The Balaban J connectivity index is 3.41. The summed E-state index contributed by atoms with van der Waals surface area (Å²) in [6.07, 6.45) is 11.5. The Kier molecular flexibility index (Phi) is 15.0. The number of hydrogen-bond acceptors (Lipinski definition) is 5. The predicted molar refractivity (Wildman–Crippen MR) is 157 cm³/mol. The van der Waals surface area contributed by atoms with E-state index >= 15 is 0 Å². The van der Waals surface area contributed by atoms with Gasteiger partial charge in [0.1, 0.15) is 17.7 Å². The number of carbonyl (C=O) groups excluding carboxylic acids is 3. The summed E-state index contributed by atoms with van der Waals surface area (Å²) in [6.45, 7) is 11.8. The lowest BCUT2D eigenvalue weighted by atomic mass is 10.00. The number of unbranched alkanes of at least 4 members (excludes halogenated alkanes) is 4. The van der Waals surface area contributed by atoms with Crippen LogP contribution in [0.25, 0.3) is 0 Å². The highest BCUT2D eigenvalue weighted by Crippen LogP contribution is 2.25. The summed E-state index contributed by atoms with van der Waals surface area (Å²) in [5.74, 6) is 2.00. The Morgan fingerprint density at radius 2 is 1.66 bits per heavy atom. The largest absolute Gasteiger partial charge is 0.444 e. The van der Waals surface area contributed by atoms with E-state index in [0.29, 0.717) is 17.7 Å². The molecule has 0 radical (unpaired) electrons. The van der Waals surface area contributed by atoms with Crippen molar-refractivity contribution in [2.75, 3.05) is 12.3 Å². The molecule has 38 heavy (non-hydrogen) atoms. The van der Waals surface area contributed by atoms with Gasteiger partial charge in [-0.15, -0.1) is 6.42 Å². The van der Waals surface area contributed by atoms with Crippen molar-refractivity contribution < 1.29 is 19.1 Å². The number of hydrogen-bond donors (Lipinski definition) is 3. The molecule has 3 amide bonds. The second-order valence-electron chi connectivity index (χ2n) is 10.7. The second-order valence-corrected chi connectivity index (χ2v) is 11.1. The fourth-order valence-electron chi connectivity index (χ4n) is 4.15. The van der Waals surface area contributed by atoms with E-state index in [0.717, 1.165) is 44.9 Å². The number of rotatable bonds is 15. The zero-order valence-electron chi connectivity index (χ0n) is 24.0. The Hall–Kier alpha value is -2.66. The molecule has 0 saturated carbocycles. The van der Waals surface area contributed by atoms with E-state index < -0.39 is 23.8 Å². The van der Waals surface area contributed by atoms with Crippen molar-refractivity contribution in [2.45, 2.75) is 110 Å². The van der Waals surface area contributed by atoms with Gasteiger partial charge in [-0.05, 0) is 58.2 Å². The van der Waals surface area contributed by atoms with Gasteiger partial charge in [-0.3, -0.25) is 9.59 Å². The van der Waals surface area contributed by atoms with Gasteiger partial charge in [0, 0.05) is 23.9 Å². The van der Waals surface area contributed by atoms with E-state index in [1.165, 1.54) is 0 Å². The summed E-state index contributed by atoms with van der Waals surface area (Å²) in [6, 6.07) is 5.21. The number of nitrogens with one attached hydrogen (secondary N) is 2. The van der Waals surface area contributed by atoms with E-state index in [2.05, 4.69) is 43.0 Å². The molecule has 0 heterocycles. The number of alkyl carbamates (subject to hydrolysis) is 1. The summed E-state index contributed by atoms with van der Waals surface area (Å²) >= 11 is 4.35. The third-order valence-corrected chi connectivity index (χ3v) is 6.39. The molecule has 212 valence electrons. The van der Waals surface area contributed by atoms with Crippen molar-refractivity contribution >= 4 is 30.5 Å². The van der Waals surface area contributed by atoms with Crippen LogP contribution in [0.5, 0.6) is 0 Å². The first-order valence-electron chi connectivity index (χ1n) is 13.7. The number of terminal acetylenes is 1. The zero-order chi connectivity index (χ0) is 28.7. The molecule has 0 fully saturated rings. The first kappa shape index (κ1) is 33.4. The zero-order valence-corrected chi connectivity index (χ0v) is 24.9. The molecule has 7 nitrogen and oxygen atoms in total. The maximum atomic E-state index is 13.9. The smallest absolute Gasteiger partial charge is 0.408 e.